The summed E-state index contributed by atoms with van der Waals surface area (Å²) in [6, 6.07) is 12.5. The number of benzene rings is 2. The van der Waals surface area contributed by atoms with Crippen LogP contribution < -0.4 is 5.32 Å². The van der Waals surface area contributed by atoms with Crippen molar-refractivity contribution >= 4 is 45.0 Å². The van der Waals surface area contributed by atoms with E-state index in [4.69, 9.17) is 23.2 Å². The van der Waals surface area contributed by atoms with E-state index in [1.165, 1.54) is 28.4 Å². The highest BCUT2D eigenvalue weighted by molar-refractivity contribution is 7.89. The Hall–Kier alpha value is -2.13. The molecule has 0 fully saturated rings. The maximum atomic E-state index is 13.2. The Balaban J connectivity index is 2.09. The van der Waals surface area contributed by atoms with Crippen molar-refractivity contribution in [1.82, 2.24) is 14.5 Å². The van der Waals surface area contributed by atoms with Crippen LogP contribution in [-0.2, 0) is 26.2 Å². The van der Waals surface area contributed by atoms with E-state index in [1.54, 1.807) is 43.3 Å². The Bertz CT molecular complexity index is 1100. The molecule has 2 amide bonds. The number of carbonyl (C=O) groups excluding carboxylic acids is 2. The van der Waals surface area contributed by atoms with Crippen molar-refractivity contribution < 1.29 is 18.0 Å². The molecule has 0 heterocycles. The first-order chi connectivity index (χ1) is 16.6. The number of amides is 2. The van der Waals surface area contributed by atoms with Crippen LogP contribution in [0.4, 0.5) is 0 Å². The Labute approximate surface area is 218 Å². The van der Waals surface area contributed by atoms with Gasteiger partial charge in [0.2, 0.25) is 21.8 Å². The van der Waals surface area contributed by atoms with Gasteiger partial charge in [0, 0.05) is 33.1 Å². The summed E-state index contributed by atoms with van der Waals surface area (Å²) in [5.74, 6) is -0.490. The molecule has 0 unspecified atom stereocenters. The number of nitrogens with zero attached hydrogens (tertiary/aromatic N) is 2. The molecule has 2 aromatic carbocycles. The second kappa shape index (κ2) is 13.8. The first-order valence-electron chi connectivity index (χ1n) is 11.6. The molecule has 0 spiro atoms. The van der Waals surface area contributed by atoms with E-state index < -0.39 is 16.1 Å². The minimum Gasteiger partial charge on any atom is -0.354 e. The number of halogens is 2. The molecule has 1 N–H and O–H groups in total. The van der Waals surface area contributed by atoms with Crippen LogP contribution in [0.15, 0.2) is 53.4 Å². The molecule has 0 radical (unpaired) electrons. The number of rotatable bonds is 13. The molecular weight excluding hydrogens is 509 g/mol. The molecule has 192 valence electrons. The van der Waals surface area contributed by atoms with Gasteiger partial charge in [-0.05, 0) is 49.6 Å². The van der Waals surface area contributed by atoms with Gasteiger partial charge in [-0.3, -0.25) is 9.59 Å². The maximum absolute atomic E-state index is 13.2. The maximum Gasteiger partial charge on any atom is 0.242 e. The van der Waals surface area contributed by atoms with E-state index in [-0.39, 0.29) is 36.2 Å². The number of unbranched alkanes of at least 4 members (excludes halogenated alkanes) is 1. The molecule has 0 saturated heterocycles. The standard InChI is InChI=1S/C25H33Cl2N3O4S/c1-4-5-15-28-25(32)19(2)30(18-20-13-14-22(26)23(27)17-20)24(31)12-9-16-29(3)35(33,34)21-10-7-6-8-11-21/h6-8,10-11,13-14,17,19H,4-5,9,12,15-16,18H2,1-3H3,(H,28,32)/t19-/m1/s1. The lowest BCUT2D eigenvalue weighted by Gasteiger charge is -2.29. The highest BCUT2D eigenvalue weighted by Gasteiger charge is 2.27. The number of carbonyl (C=O) groups is 2. The van der Waals surface area contributed by atoms with E-state index in [1.807, 2.05) is 6.92 Å². The Kier molecular flexibility index (Phi) is 11.5. The third-order valence-corrected chi connectivity index (χ3v) is 8.26. The summed E-state index contributed by atoms with van der Waals surface area (Å²) in [4.78, 5) is 27.6. The van der Waals surface area contributed by atoms with Crippen molar-refractivity contribution in [3.8, 4) is 0 Å². The van der Waals surface area contributed by atoms with Crippen molar-refractivity contribution in [2.45, 2.75) is 57.0 Å². The van der Waals surface area contributed by atoms with Gasteiger partial charge < -0.3 is 10.2 Å². The molecule has 0 bridgehead atoms. The lowest BCUT2D eigenvalue weighted by atomic mass is 10.1. The normalized spacial score (nSPS) is 12.4. The van der Waals surface area contributed by atoms with Crippen LogP contribution in [0, 0.1) is 0 Å². The van der Waals surface area contributed by atoms with Crippen LogP contribution in [0.3, 0.4) is 0 Å². The molecule has 0 saturated carbocycles. The first kappa shape index (κ1) is 29.1. The Morgan fingerprint density at radius 2 is 1.71 bits per heavy atom. The van der Waals surface area contributed by atoms with E-state index in [0.29, 0.717) is 23.0 Å². The summed E-state index contributed by atoms with van der Waals surface area (Å²) in [5, 5.41) is 3.64. The van der Waals surface area contributed by atoms with Crippen LogP contribution in [-0.4, -0.2) is 55.6 Å². The molecule has 0 aliphatic rings. The predicted molar refractivity (Wildman–Crippen MR) is 140 cm³/mol. The van der Waals surface area contributed by atoms with Crippen LogP contribution in [0.25, 0.3) is 0 Å². The zero-order valence-corrected chi connectivity index (χ0v) is 22.7. The zero-order valence-electron chi connectivity index (χ0n) is 20.3. The van der Waals surface area contributed by atoms with Crippen molar-refractivity contribution in [3.05, 3.63) is 64.1 Å². The van der Waals surface area contributed by atoms with Gasteiger partial charge in [-0.2, -0.15) is 0 Å². The van der Waals surface area contributed by atoms with Gasteiger partial charge in [-0.1, -0.05) is 60.8 Å². The van der Waals surface area contributed by atoms with Crippen LogP contribution in [0.2, 0.25) is 10.0 Å². The fourth-order valence-electron chi connectivity index (χ4n) is 3.44. The number of sulfonamides is 1. The summed E-state index contributed by atoms with van der Waals surface area (Å²) in [6.45, 7) is 4.60. The van der Waals surface area contributed by atoms with Gasteiger partial charge in [-0.15, -0.1) is 0 Å². The SMILES string of the molecule is CCCCNC(=O)[C@@H](C)N(Cc1ccc(Cl)c(Cl)c1)C(=O)CCCN(C)S(=O)(=O)c1ccccc1. The molecule has 2 aromatic rings. The lowest BCUT2D eigenvalue weighted by molar-refractivity contribution is -0.140. The van der Waals surface area contributed by atoms with Gasteiger partial charge in [0.05, 0.1) is 14.9 Å². The second-order valence-electron chi connectivity index (χ2n) is 8.33. The second-order valence-corrected chi connectivity index (χ2v) is 11.2. The number of hydrogen-bond donors (Lipinski definition) is 1. The minimum absolute atomic E-state index is 0.0859. The molecule has 10 heteroatoms. The van der Waals surface area contributed by atoms with Crippen molar-refractivity contribution in [2.24, 2.45) is 0 Å². The third-order valence-electron chi connectivity index (χ3n) is 5.65. The highest BCUT2D eigenvalue weighted by atomic mass is 35.5. The molecule has 0 aliphatic carbocycles. The predicted octanol–water partition coefficient (Wildman–Crippen LogP) is 4.73. The smallest absolute Gasteiger partial charge is 0.242 e. The van der Waals surface area contributed by atoms with Crippen LogP contribution in [0.5, 0.6) is 0 Å². The van der Waals surface area contributed by atoms with Gasteiger partial charge in [0.15, 0.2) is 0 Å². The zero-order chi connectivity index (χ0) is 26.0. The van der Waals surface area contributed by atoms with Gasteiger partial charge in [-0.25, -0.2) is 12.7 Å². The molecule has 1 atom stereocenters. The van der Waals surface area contributed by atoms with Crippen LogP contribution >= 0.6 is 23.2 Å². The topological polar surface area (TPSA) is 86.8 Å². The summed E-state index contributed by atoms with van der Waals surface area (Å²) in [7, 11) is -2.15. The van der Waals surface area contributed by atoms with E-state index >= 15 is 0 Å². The molecule has 7 nitrogen and oxygen atoms in total. The molecular formula is C25H33Cl2N3O4S. The van der Waals surface area contributed by atoms with E-state index in [9.17, 15) is 18.0 Å². The molecule has 2 rings (SSSR count). The molecule has 0 aromatic heterocycles. The van der Waals surface area contributed by atoms with E-state index in [0.717, 1.165) is 18.4 Å². The van der Waals surface area contributed by atoms with Crippen molar-refractivity contribution in [3.63, 3.8) is 0 Å². The monoisotopic (exact) mass is 541 g/mol. The van der Waals surface area contributed by atoms with Gasteiger partial charge >= 0.3 is 0 Å². The summed E-state index contributed by atoms with van der Waals surface area (Å²) in [5.41, 5.74) is 0.740. The summed E-state index contributed by atoms with van der Waals surface area (Å²) in [6.07, 6.45) is 2.19. The lowest BCUT2D eigenvalue weighted by Crippen LogP contribution is -2.47. The average Bonchev–Trinajstić information content (AvgIpc) is 2.84. The quantitative estimate of drug-likeness (QED) is 0.371. The van der Waals surface area contributed by atoms with Crippen molar-refractivity contribution in [1.29, 1.82) is 0 Å². The van der Waals surface area contributed by atoms with Gasteiger partial charge in [0.1, 0.15) is 6.04 Å². The van der Waals surface area contributed by atoms with Gasteiger partial charge in [0.25, 0.3) is 0 Å². The summed E-state index contributed by atoms with van der Waals surface area (Å²) < 4.78 is 26.7. The summed E-state index contributed by atoms with van der Waals surface area (Å²) >= 11 is 12.2. The largest absolute Gasteiger partial charge is 0.354 e. The number of nitrogens with one attached hydrogen (secondary N) is 1. The first-order valence-corrected chi connectivity index (χ1v) is 13.8. The fraction of sp³-hybridized carbons (Fsp3) is 0.440. The number of hydrogen-bond acceptors (Lipinski definition) is 4. The fourth-order valence-corrected chi connectivity index (χ4v) is 4.99. The molecule has 35 heavy (non-hydrogen) atoms. The Morgan fingerprint density at radius 1 is 1.03 bits per heavy atom. The average molecular weight is 543 g/mol. The highest BCUT2D eigenvalue weighted by Crippen LogP contribution is 2.24. The third kappa shape index (κ3) is 8.49. The Morgan fingerprint density at radius 3 is 2.34 bits per heavy atom. The minimum atomic E-state index is -3.64. The van der Waals surface area contributed by atoms with Crippen molar-refractivity contribution in [2.75, 3.05) is 20.1 Å². The van der Waals surface area contributed by atoms with Crippen LogP contribution in [0.1, 0.15) is 45.1 Å². The van der Waals surface area contributed by atoms with E-state index in [2.05, 4.69) is 5.32 Å². The molecule has 0 aliphatic heterocycles.